The van der Waals surface area contributed by atoms with Gasteiger partial charge in [0.2, 0.25) is 5.56 Å². The van der Waals surface area contributed by atoms with Crippen LogP contribution in [0.5, 0.6) is 0 Å². The summed E-state index contributed by atoms with van der Waals surface area (Å²) in [6, 6.07) is 3.45. The van der Waals surface area contributed by atoms with Crippen LogP contribution in [0.25, 0.3) is 0 Å². The Labute approximate surface area is 119 Å². The number of nitrogens with one attached hydrogen (secondary N) is 1. The van der Waals surface area contributed by atoms with Gasteiger partial charge in [-0.1, -0.05) is 17.7 Å². The van der Waals surface area contributed by atoms with Crippen LogP contribution in [0.15, 0.2) is 40.2 Å². The summed E-state index contributed by atoms with van der Waals surface area (Å²) in [4.78, 5) is 14.4. The molecule has 3 N–H and O–H groups in total. The number of halogens is 1. The summed E-state index contributed by atoms with van der Waals surface area (Å²) < 4.78 is 0. The molecule has 102 valence electrons. The first-order chi connectivity index (χ1) is 8.54. The molecule has 0 saturated carbocycles. The topological polar surface area (TPSA) is 58.9 Å². The van der Waals surface area contributed by atoms with E-state index in [4.69, 9.17) is 5.73 Å². The second-order valence-electron chi connectivity index (χ2n) is 5.42. The molecule has 2 bridgehead atoms. The fourth-order valence-corrected chi connectivity index (χ4v) is 3.57. The average Bonchev–Trinajstić information content (AvgIpc) is 2.26. The molecule has 1 aromatic rings. The number of H-pyrrole nitrogens is 1. The lowest BCUT2D eigenvalue weighted by Crippen LogP contribution is -2.47. The van der Waals surface area contributed by atoms with Gasteiger partial charge < -0.3 is 10.7 Å². The van der Waals surface area contributed by atoms with Crippen LogP contribution < -0.4 is 11.3 Å². The van der Waals surface area contributed by atoms with Gasteiger partial charge in [0.05, 0.1) is 5.54 Å². The minimum absolute atomic E-state index is 0. The maximum atomic E-state index is 11.5. The Morgan fingerprint density at radius 3 is 2.84 bits per heavy atom. The summed E-state index contributed by atoms with van der Waals surface area (Å²) in [5, 5.41) is 0. The summed E-state index contributed by atoms with van der Waals surface area (Å²) in [5.74, 6) is 0.426. The van der Waals surface area contributed by atoms with E-state index in [0.29, 0.717) is 5.92 Å². The van der Waals surface area contributed by atoms with Gasteiger partial charge in [0, 0.05) is 11.8 Å². The predicted octanol–water partition coefficient (Wildman–Crippen LogP) is 2.42. The Bertz CT molecular complexity index is 629. The molecule has 0 fully saturated rings. The first-order valence-corrected chi connectivity index (χ1v) is 6.41. The molecule has 3 rings (SSSR count). The third-order valence-electron chi connectivity index (χ3n) is 4.17. The molecular formula is C15H19ClN2O. The quantitative estimate of drug-likeness (QED) is 0.716. The first kappa shape index (κ1) is 14.1. The molecule has 0 aromatic carbocycles. The number of aromatic amines is 1. The van der Waals surface area contributed by atoms with Crippen molar-refractivity contribution >= 4 is 12.4 Å². The second kappa shape index (κ2) is 4.66. The Hall–Kier alpha value is -1.32. The molecule has 0 saturated heterocycles. The molecule has 0 radical (unpaired) electrons. The number of aromatic nitrogens is 1. The van der Waals surface area contributed by atoms with E-state index in [9.17, 15) is 4.79 Å². The predicted molar refractivity (Wildman–Crippen MR) is 79.5 cm³/mol. The molecule has 1 aromatic heterocycles. The van der Waals surface area contributed by atoms with Gasteiger partial charge in [-0.15, -0.1) is 12.4 Å². The Morgan fingerprint density at radius 2 is 2.16 bits per heavy atom. The van der Waals surface area contributed by atoms with Gasteiger partial charge in [0.25, 0.3) is 0 Å². The second-order valence-corrected chi connectivity index (χ2v) is 5.42. The lowest BCUT2D eigenvalue weighted by molar-refractivity contribution is 0.430. The fraction of sp³-hybridized carbons (Fsp3) is 0.400. The van der Waals surface area contributed by atoms with Crippen LogP contribution in [0.3, 0.4) is 0 Å². The molecule has 1 heterocycles. The number of nitrogens with two attached hydrogens (primary N) is 1. The van der Waals surface area contributed by atoms with E-state index in [2.05, 4.69) is 31.0 Å². The first-order valence-electron chi connectivity index (χ1n) is 6.41. The number of hydrogen-bond acceptors (Lipinski definition) is 2. The van der Waals surface area contributed by atoms with E-state index in [-0.39, 0.29) is 18.0 Å². The van der Waals surface area contributed by atoms with Crippen LogP contribution in [0, 0.1) is 5.92 Å². The molecule has 0 aliphatic heterocycles. The molecule has 19 heavy (non-hydrogen) atoms. The Kier molecular flexibility index (Phi) is 3.45. The highest BCUT2D eigenvalue weighted by atomic mass is 35.5. The highest BCUT2D eigenvalue weighted by Crippen LogP contribution is 2.46. The van der Waals surface area contributed by atoms with E-state index in [1.165, 1.54) is 11.1 Å². The molecule has 0 unspecified atom stereocenters. The third kappa shape index (κ3) is 1.97. The van der Waals surface area contributed by atoms with Crippen molar-refractivity contribution in [3.63, 3.8) is 0 Å². The van der Waals surface area contributed by atoms with Gasteiger partial charge in [-0.3, -0.25) is 4.79 Å². The van der Waals surface area contributed by atoms with E-state index in [1.807, 2.05) is 6.07 Å². The van der Waals surface area contributed by atoms with Crippen molar-refractivity contribution < 1.29 is 0 Å². The summed E-state index contributed by atoms with van der Waals surface area (Å²) in [5.41, 5.74) is 10.7. The van der Waals surface area contributed by atoms with Gasteiger partial charge in [-0.2, -0.15) is 0 Å². The van der Waals surface area contributed by atoms with Gasteiger partial charge >= 0.3 is 0 Å². The van der Waals surface area contributed by atoms with Crippen LogP contribution >= 0.6 is 12.4 Å². The summed E-state index contributed by atoms with van der Waals surface area (Å²) in [7, 11) is 0. The molecule has 2 aliphatic rings. The summed E-state index contributed by atoms with van der Waals surface area (Å²) in [6.45, 7) is 4.19. The number of rotatable bonds is 0. The number of fused-ring (bicyclic) bond motifs is 4. The van der Waals surface area contributed by atoms with Crippen LogP contribution in [-0.4, -0.2) is 4.98 Å². The fourth-order valence-electron chi connectivity index (χ4n) is 3.57. The Balaban J connectivity index is 0.00000133. The normalized spacial score (nSPS) is 30.4. The highest BCUT2D eigenvalue weighted by Gasteiger charge is 2.42. The maximum absolute atomic E-state index is 11.5. The van der Waals surface area contributed by atoms with Gasteiger partial charge in [0.15, 0.2) is 0 Å². The van der Waals surface area contributed by atoms with Crippen molar-refractivity contribution in [3.8, 4) is 0 Å². The zero-order valence-electron chi connectivity index (χ0n) is 11.2. The monoisotopic (exact) mass is 278 g/mol. The average molecular weight is 279 g/mol. The van der Waals surface area contributed by atoms with Gasteiger partial charge in [0.1, 0.15) is 0 Å². The van der Waals surface area contributed by atoms with Crippen molar-refractivity contribution in [2.24, 2.45) is 11.7 Å². The number of pyridine rings is 1. The molecule has 2 atom stereocenters. The van der Waals surface area contributed by atoms with Gasteiger partial charge in [-0.05, 0) is 49.8 Å². The zero-order chi connectivity index (χ0) is 12.9. The standard InChI is InChI=1S/C15H18N2O.ClH/c1-3-11-10-6-9(2)8-15(11,16)12-4-5-14(18)17-13(12)7-10;/h3-5,8,10H,6-7,16H2,1-2H3,(H,17,18);1H/b11-3-;/t10-,15+;/m1./s1. The molecule has 3 nitrogen and oxygen atoms in total. The largest absolute Gasteiger partial charge is 0.326 e. The van der Waals surface area contributed by atoms with Crippen LogP contribution in [-0.2, 0) is 12.0 Å². The molecule has 4 heteroatoms. The number of allylic oxidation sites excluding steroid dienone is 2. The lowest BCUT2D eigenvalue weighted by Gasteiger charge is -2.44. The van der Waals surface area contributed by atoms with Crippen LogP contribution in [0.1, 0.15) is 31.5 Å². The molecule has 0 spiro atoms. The zero-order valence-corrected chi connectivity index (χ0v) is 12.0. The molecule has 0 amide bonds. The Morgan fingerprint density at radius 1 is 1.42 bits per heavy atom. The van der Waals surface area contributed by atoms with E-state index < -0.39 is 5.54 Å². The highest BCUT2D eigenvalue weighted by molar-refractivity contribution is 5.85. The van der Waals surface area contributed by atoms with Gasteiger partial charge in [-0.25, -0.2) is 0 Å². The minimum atomic E-state index is -0.528. The van der Waals surface area contributed by atoms with Crippen molar-refractivity contribution in [2.75, 3.05) is 0 Å². The van der Waals surface area contributed by atoms with Crippen molar-refractivity contribution in [3.05, 3.63) is 57.0 Å². The van der Waals surface area contributed by atoms with Crippen LogP contribution in [0.4, 0.5) is 0 Å². The van der Waals surface area contributed by atoms with E-state index >= 15 is 0 Å². The smallest absolute Gasteiger partial charge is 0.248 e. The van der Waals surface area contributed by atoms with Crippen LogP contribution in [0.2, 0.25) is 0 Å². The van der Waals surface area contributed by atoms with Crippen molar-refractivity contribution in [1.82, 2.24) is 4.98 Å². The van der Waals surface area contributed by atoms with Crippen molar-refractivity contribution in [1.29, 1.82) is 0 Å². The van der Waals surface area contributed by atoms with E-state index in [1.54, 1.807) is 6.07 Å². The summed E-state index contributed by atoms with van der Waals surface area (Å²) in [6.07, 6.45) is 6.21. The SMILES string of the molecule is C/C=C1/[C@@H]2CC(C)=C[C@@]1(N)c1ccc(=O)[nH]c1C2.Cl. The lowest BCUT2D eigenvalue weighted by atomic mass is 9.64. The molecular weight excluding hydrogens is 260 g/mol. The minimum Gasteiger partial charge on any atom is -0.326 e. The van der Waals surface area contributed by atoms with E-state index in [0.717, 1.165) is 24.1 Å². The third-order valence-corrected chi connectivity index (χ3v) is 4.17. The number of hydrogen-bond donors (Lipinski definition) is 2. The summed E-state index contributed by atoms with van der Waals surface area (Å²) >= 11 is 0. The molecule has 2 aliphatic carbocycles. The maximum Gasteiger partial charge on any atom is 0.248 e. The van der Waals surface area contributed by atoms with Crippen molar-refractivity contribution in [2.45, 2.75) is 32.2 Å².